The lowest BCUT2D eigenvalue weighted by atomic mass is 9.97. The summed E-state index contributed by atoms with van der Waals surface area (Å²) in [5.74, 6) is 2.76. The van der Waals surface area contributed by atoms with Gasteiger partial charge in [-0.25, -0.2) is 0 Å². The normalized spacial score (nSPS) is 29.2. The summed E-state index contributed by atoms with van der Waals surface area (Å²) in [5.41, 5.74) is -0.0384. The molecule has 16 heavy (non-hydrogen) atoms. The summed E-state index contributed by atoms with van der Waals surface area (Å²) >= 11 is 1.93. The third-order valence-corrected chi connectivity index (χ3v) is 5.15. The standard InChI is InChI=1S/C12H23NO2S/c1-13-12(8-14,10-4-5-10)9-16-7-11-3-2-6-15-11/h10-11,13-14H,2-9H2,1H3. The van der Waals surface area contributed by atoms with Gasteiger partial charge >= 0.3 is 0 Å². The number of hydrogen-bond acceptors (Lipinski definition) is 4. The minimum Gasteiger partial charge on any atom is -0.394 e. The molecule has 1 aliphatic carbocycles. The fourth-order valence-electron chi connectivity index (χ4n) is 2.43. The fourth-order valence-corrected chi connectivity index (χ4v) is 3.91. The number of thioether (sulfide) groups is 1. The Morgan fingerprint density at radius 3 is 2.75 bits per heavy atom. The van der Waals surface area contributed by atoms with Crippen molar-refractivity contribution in [2.45, 2.75) is 37.3 Å². The van der Waals surface area contributed by atoms with Gasteiger partial charge < -0.3 is 15.2 Å². The zero-order valence-electron chi connectivity index (χ0n) is 10.1. The van der Waals surface area contributed by atoms with Crippen molar-refractivity contribution in [3.63, 3.8) is 0 Å². The van der Waals surface area contributed by atoms with Crippen molar-refractivity contribution in [2.24, 2.45) is 5.92 Å². The number of rotatable bonds is 7. The Morgan fingerprint density at radius 2 is 2.25 bits per heavy atom. The van der Waals surface area contributed by atoms with Gasteiger partial charge in [0.25, 0.3) is 0 Å². The Hall–Kier alpha value is 0.230. The molecule has 94 valence electrons. The Bertz CT molecular complexity index is 211. The van der Waals surface area contributed by atoms with Gasteiger partial charge in [-0.2, -0.15) is 11.8 Å². The second kappa shape index (κ2) is 5.71. The third-order valence-electron chi connectivity index (χ3n) is 3.83. The molecule has 1 saturated heterocycles. The van der Waals surface area contributed by atoms with Crippen LogP contribution in [0.25, 0.3) is 0 Å². The van der Waals surface area contributed by atoms with E-state index in [0.29, 0.717) is 12.0 Å². The summed E-state index contributed by atoms with van der Waals surface area (Å²) < 4.78 is 5.61. The van der Waals surface area contributed by atoms with Gasteiger partial charge in [-0.3, -0.25) is 0 Å². The molecule has 2 aliphatic rings. The van der Waals surface area contributed by atoms with Gasteiger partial charge in [0, 0.05) is 18.1 Å². The molecular weight excluding hydrogens is 222 g/mol. The first-order valence-corrected chi connectivity index (χ1v) is 7.45. The molecule has 1 saturated carbocycles. The van der Waals surface area contributed by atoms with Gasteiger partial charge in [-0.15, -0.1) is 0 Å². The summed E-state index contributed by atoms with van der Waals surface area (Å²) in [6, 6.07) is 0. The smallest absolute Gasteiger partial charge is 0.0666 e. The maximum Gasteiger partial charge on any atom is 0.0666 e. The fraction of sp³-hybridized carbons (Fsp3) is 1.00. The Labute approximate surface area is 102 Å². The lowest BCUT2D eigenvalue weighted by molar-refractivity contribution is 0.128. The van der Waals surface area contributed by atoms with Crippen LogP contribution >= 0.6 is 11.8 Å². The van der Waals surface area contributed by atoms with E-state index in [1.165, 1.54) is 25.7 Å². The van der Waals surface area contributed by atoms with Crippen molar-refractivity contribution in [1.82, 2.24) is 5.32 Å². The van der Waals surface area contributed by atoms with Crippen molar-refractivity contribution in [2.75, 3.05) is 31.8 Å². The average Bonchev–Trinajstić information content (AvgIpc) is 3.04. The molecule has 2 rings (SSSR count). The molecule has 0 amide bonds. The van der Waals surface area contributed by atoms with Gasteiger partial charge in [0.15, 0.2) is 0 Å². The quantitative estimate of drug-likeness (QED) is 0.708. The molecule has 1 heterocycles. The molecule has 1 aliphatic heterocycles. The number of nitrogens with one attached hydrogen (secondary N) is 1. The van der Waals surface area contributed by atoms with Crippen molar-refractivity contribution in [1.29, 1.82) is 0 Å². The highest BCUT2D eigenvalue weighted by Gasteiger charge is 2.43. The van der Waals surface area contributed by atoms with Crippen molar-refractivity contribution in [3.05, 3.63) is 0 Å². The summed E-state index contributed by atoms with van der Waals surface area (Å²) in [5, 5.41) is 12.9. The zero-order chi connectivity index (χ0) is 11.4. The van der Waals surface area contributed by atoms with Crippen LogP contribution < -0.4 is 5.32 Å². The maximum absolute atomic E-state index is 9.57. The van der Waals surface area contributed by atoms with Crippen LogP contribution in [0.15, 0.2) is 0 Å². The van der Waals surface area contributed by atoms with E-state index in [9.17, 15) is 5.11 Å². The number of aliphatic hydroxyl groups excluding tert-OH is 1. The average molecular weight is 245 g/mol. The molecule has 0 aromatic heterocycles. The molecule has 0 radical (unpaired) electrons. The molecule has 2 unspecified atom stereocenters. The highest BCUT2D eigenvalue weighted by Crippen LogP contribution is 2.41. The van der Waals surface area contributed by atoms with Crippen LogP contribution in [0.2, 0.25) is 0 Å². The van der Waals surface area contributed by atoms with Gasteiger partial charge in [0.05, 0.1) is 18.2 Å². The van der Waals surface area contributed by atoms with Crippen molar-refractivity contribution in [3.8, 4) is 0 Å². The molecule has 2 atom stereocenters. The summed E-state index contributed by atoms with van der Waals surface area (Å²) in [7, 11) is 1.97. The van der Waals surface area contributed by atoms with Crippen molar-refractivity contribution < 1.29 is 9.84 Å². The van der Waals surface area contributed by atoms with Gasteiger partial charge in [0.1, 0.15) is 0 Å². The SMILES string of the molecule is CNC(CO)(CSCC1CCCO1)C1CC1. The maximum atomic E-state index is 9.57. The van der Waals surface area contributed by atoms with Crippen molar-refractivity contribution >= 4 is 11.8 Å². The van der Waals surface area contributed by atoms with E-state index in [1.54, 1.807) is 0 Å². The zero-order valence-corrected chi connectivity index (χ0v) is 10.9. The largest absolute Gasteiger partial charge is 0.394 e. The second-order valence-corrected chi connectivity index (χ2v) is 6.02. The molecule has 2 fully saturated rings. The molecule has 0 bridgehead atoms. The van der Waals surface area contributed by atoms with Crippen LogP contribution in [0, 0.1) is 5.92 Å². The number of aliphatic hydroxyl groups is 1. The lowest BCUT2D eigenvalue weighted by Crippen LogP contribution is -2.51. The highest BCUT2D eigenvalue weighted by molar-refractivity contribution is 7.99. The molecule has 2 N–H and O–H groups in total. The Morgan fingerprint density at radius 1 is 1.44 bits per heavy atom. The first kappa shape index (κ1) is 12.7. The molecule has 4 heteroatoms. The topological polar surface area (TPSA) is 41.5 Å². The predicted molar refractivity (Wildman–Crippen MR) is 67.9 cm³/mol. The summed E-state index contributed by atoms with van der Waals surface area (Å²) in [4.78, 5) is 0. The van der Waals surface area contributed by atoms with E-state index in [1.807, 2.05) is 18.8 Å². The van der Waals surface area contributed by atoms with Gasteiger partial charge in [-0.1, -0.05) is 0 Å². The summed E-state index contributed by atoms with van der Waals surface area (Å²) in [6.07, 6.45) is 5.41. The Kier molecular flexibility index (Phi) is 4.53. The number of ether oxygens (including phenoxy) is 1. The lowest BCUT2D eigenvalue weighted by Gasteiger charge is -2.31. The first-order chi connectivity index (χ1) is 7.80. The van der Waals surface area contributed by atoms with Crippen LogP contribution in [0.3, 0.4) is 0 Å². The molecule has 3 nitrogen and oxygen atoms in total. The number of hydrogen-bond donors (Lipinski definition) is 2. The molecule has 0 aromatic carbocycles. The molecule has 0 spiro atoms. The van der Waals surface area contributed by atoms with Gasteiger partial charge in [-0.05, 0) is 38.6 Å². The van der Waals surface area contributed by atoms with E-state index in [-0.39, 0.29) is 12.1 Å². The highest BCUT2D eigenvalue weighted by atomic mass is 32.2. The summed E-state index contributed by atoms with van der Waals surface area (Å²) in [6.45, 7) is 1.19. The predicted octanol–water partition coefficient (Wildman–Crippen LogP) is 1.26. The number of likely N-dealkylation sites (N-methyl/N-ethyl adjacent to an activating group) is 1. The minimum atomic E-state index is -0.0384. The van der Waals surface area contributed by atoms with Crippen LogP contribution in [0.5, 0.6) is 0 Å². The van der Waals surface area contributed by atoms with E-state index >= 15 is 0 Å². The second-order valence-electron chi connectivity index (χ2n) is 4.99. The van der Waals surface area contributed by atoms with E-state index < -0.39 is 0 Å². The van der Waals surface area contributed by atoms with Crippen LogP contribution in [-0.2, 0) is 4.74 Å². The van der Waals surface area contributed by atoms with E-state index in [2.05, 4.69) is 5.32 Å². The molecular formula is C12H23NO2S. The van der Waals surface area contributed by atoms with Crippen LogP contribution in [0.4, 0.5) is 0 Å². The van der Waals surface area contributed by atoms with Gasteiger partial charge in [0.2, 0.25) is 0 Å². The van der Waals surface area contributed by atoms with Crippen LogP contribution in [0.1, 0.15) is 25.7 Å². The Balaban J connectivity index is 1.72. The van der Waals surface area contributed by atoms with E-state index in [0.717, 1.165) is 18.1 Å². The monoisotopic (exact) mass is 245 g/mol. The minimum absolute atomic E-state index is 0.0384. The third kappa shape index (κ3) is 2.92. The van der Waals surface area contributed by atoms with Crippen LogP contribution in [-0.4, -0.2) is 48.5 Å². The van der Waals surface area contributed by atoms with E-state index in [4.69, 9.17) is 4.74 Å². The first-order valence-electron chi connectivity index (χ1n) is 6.30. The molecule has 0 aromatic rings.